The van der Waals surface area contributed by atoms with Crippen LogP contribution in [0.3, 0.4) is 0 Å². The maximum Gasteiger partial charge on any atom is 0.407 e. The van der Waals surface area contributed by atoms with Crippen molar-refractivity contribution in [2.45, 2.75) is 58.0 Å². The van der Waals surface area contributed by atoms with E-state index in [0.717, 1.165) is 24.0 Å². The number of ketones is 1. The zero-order valence-corrected chi connectivity index (χ0v) is 14.7. The van der Waals surface area contributed by atoms with Crippen molar-refractivity contribution in [1.29, 1.82) is 0 Å². The maximum absolute atomic E-state index is 12.4. The molecule has 1 aromatic rings. The van der Waals surface area contributed by atoms with Gasteiger partial charge in [0.1, 0.15) is 5.60 Å². The van der Waals surface area contributed by atoms with Gasteiger partial charge in [0.05, 0.1) is 0 Å². The lowest BCUT2D eigenvalue weighted by Crippen LogP contribution is -2.33. The average Bonchev–Trinajstić information content (AvgIpc) is 3.25. The fourth-order valence-corrected chi connectivity index (χ4v) is 2.78. The van der Waals surface area contributed by atoms with Gasteiger partial charge in [-0.1, -0.05) is 23.7 Å². The van der Waals surface area contributed by atoms with Crippen molar-refractivity contribution in [1.82, 2.24) is 5.32 Å². The Bertz CT molecular complexity index is 588. The molecule has 0 aromatic heterocycles. The van der Waals surface area contributed by atoms with E-state index in [0.29, 0.717) is 30.3 Å². The van der Waals surface area contributed by atoms with Gasteiger partial charge in [-0.15, -0.1) is 0 Å². The molecule has 1 aliphatic carbocycles. The molecule has 1 amide bonds. The fourth-order valence-electron chi connectivity index (χ4n) is 2.46. The molecule has 1 fully saturated rings. The third-order valence-corrected chi connectivity index (χ3v) is 3.92. The summed E-state index contributed by atoms with van der Waals surface area (Å²) in [6.07, 6.45) is 2.71. The number of amides is 1. The van der Waals surface area contributed by atoms with Crippen molar-refractivity contribution >= 4 is 23.5 Å². The SMILES string of the molecule is CC(C)(C)OC(=O)NCCCC(=O)c1cccc(Cl)c1C1CC1. The van der Waals surface area contributed by atoms with E-state index in [1.807, 2.05) is 39.0 Å². The Balaban J connectivity index is 1.82. The third kappa shape index (κ3) is 5.54. The maximum atomic E-state index is 12.4. The van der Waals surface area contributed by atoms with E-state index < -0.39 is 11.7 Å². The first-order valence-electron chi connectivity index (χ1n) is 8.06. The van der Waals surface area contributed by atoms with Crippen LogP contribution in [0.4, 0.5) is 4.79 Å². The summed E-state index contributed by atoms with van der Waals surface area (Å²) < 4.78 is 5.15. The second kappa shape index (κ2) is 7.35. The number of ether oxygens (including phenoxy) is 1. The van der Waals surface area contributed by atoms with Crippen molar-refractivity contribution in [2.24, 2.45) is 0 Å². The van der Waals surface area contributed by atoms with Crippen molar-refractivity contribution in [3.8, 4) is 0 Å². The standard InChI is InChI=1S/C18H24ClNO3/c1-18(2,3)23-17(22)20-11-5-8-15(21)13-6-4-7-14(19)16(13)12-9-10-12/h4,6-7,12H,5,8-11H2,1-3H3,(H,20,22). The topological polar surface area (TPSA) is 55.4 Å². The minimum Gasteiger partial charge on any atom is -0.444 e. The molecule has 1 aliphatic rings. The van der Waals surface area contributed by atoms with Crippen LogP contribution < -0.4 is 5.32 Å². The number of rotatable bonds is 6. The number of hydrogen-bond donors (Lipinski definition) is 1. The highest BCUT2D eigenvalue weighted by Gasteiger charge is 2.29. The first kappa shape index (κ1) is 17.8. The first-order valence-corrected chi connectivity index (χ1v) is 8.44. The Morgan fingerprint density at radius 1 is 1.30 bits per heavy atom. The molecule has 126 valence electrons. The summed E-state index contributed by atoms with van der Waals surface area (Å²) in [6, 6.07) is 5.51. The van der Waals surface area contributed by atoms with Crippen LogP contribution in [0.2, 0.25) is 5.02 Å². The van der Waals surface area contributed by atoms with Gasteiger partial charge in [-0.05, 0) is 57.6 Å². The van der Waals surface area contributed by atoms with Gasteiger partial charge in [-0.2, -0.15) is 0 Å². The zero-order chi connectivity index (χ0) is 17.0. The van der Waals surface area contributed by atoms with Crippen LogP contribution in [-0.2, 0) is 4.74 Å². The largest absolute Gasteiger partial charge is 0.444 e. The van der Waals surface area contributed by atoms with Crippen LogP contribution in [0.5, 0.6) is 0 Å². The molecule has 23 heavy (non-hydrogen) atoms. The normalized spacial score (nSPS) is 14.4. The Kier molecular flexibility index (Phi) is 5.69. The van der Waals surface area contributed by atoms with Crippen molar-refractivity contribution in [3.63, 3.8) is 0 Å². The van der Waals surface area contributed by atoms with Crippen molar-refractivity contribution < 1.29 is 14.3 Å². The van der Waals surface area contributed by atoms with Gasteiger partial charge in [0.2, 0.25) is 0 Å². The van der Waals surface area contributed by atoms with Crippen LogP contribution >= 0.6 is 11.6 Å². The molecular weight excluding hydrogens is 314 g/mol. The van der Waals surface area contributed by atoms with Crippen LogP contribution in [-0.4, -0.2) is 24.0 Å². The first-order chi connectivity index (χ1) is 10.8. The molecule has 0 radical (unpaired) electrons. The minimum atomic E-state index is -0.514. The summed E-state index contributed by atoms with van der Waals surface area (Å²) in [4.78, 5) is 24.0. The molecule has 0 heterocycles. The summed E-state index contributed by atoms with van der Waals surface area (Å²) in [5.41, 5.74) is 1.22. The molecule has 0 bridgehead atoms. The minimum absolute atomic E-state index is 0.0837. The number of carbonyl (C=O) groups is 2. The summed E-state index contributed by atoms with van der Waals surface area (Å²) in [5, 5.41) is 3.35. The highest BCUT2D eigenvalue weighted by Crippen LogP contribution is 2.45. The van der Waals surface area contributed by atoms with Gasteiger partial charge in [0.25, 0.3) is 0 Å². The van der Waals surface area contributed by atoms with E-state index in [1.165, 1.54) is 0 Å². The second-order valence-corrected chi connectivity index (χ2v) is 7.34. The zero-order valence-electron chi connectivity index (χ0n) is 13.9. The summed E-state index contributed by atoms with van der Waals surface area (Å²) in [7, 11) is 0. The molecule has 1 N–H and O–H groups in total. The van der Waals surface area contributed by atoms with Gasteiger partial charge in [-0.3, -0.25) is 4.79 Å². The molecule has 0 saturated heterocycles. The second-order valence-electron chi connectivity index (χ2n) is 6.93. The van der Waals surface area contributed by atoms with Crippen LogP contribution in [0.1, 0.15) is 68.3 Å². The number of halogens is 1. The number of benzene rings is 1. The molecule has 4 nitrogen and oxygen atoms in total. The van der Waals surface area contributed by atoms with Gasteiger partial charge < -0.3 is 10.1 Å². The lowest BCUT2D eigenvalue weighted by molar-refractivity contribution is 0.0525. The molecule has 2 rings (SSSR count). The smallest absolute Gasteiger partial charge is 0.407 e. The molecule has 5 heteroatoms. The Morgan fingerprint density at radius 2 is 2.00 bits per heavy atom. The number of alkyl carbamates (subject to hydrolysis) is 1. The van der Waals surface area contributed by atoms with Gasteiger partial charge in [0.15, 0.2) is 5.78 Å². The fraction of sp³-hybridized carbons (Fsp3) is 0.556. The summed E-state index contributed by atoms with van der Waals surface area (Å²) in [5.74, 6) is 0.517. The van der Waals surface area contributed by atoms with Gasteiger partial charge >= 0.3 is 6.09 Å². The van der Waals surface area contributed by atoms with E-state index >= 15 is 0 Å². The third-order valence-electron chi connectivity index (χ3n) is 3.59. The highest BCUT2D eigenvalue weighted by atomic mass is 35.5. The molecule has 0 aliphatic heterocycles. The van der Waals surface area contributed by atoms with Crippen molar-refractivity contribution in [2.75, 3.05) is 6.54 Å². The Hall–Kier alpha value is -1.55. The van der Waals surface area contributed by atoms with Crippen LogP contribution in [0, 0.1) is 0 Å². The molecule has 1 saturated carbocycles. The molecule has 0 unspecified atom stereocenters. The average molecular weight is 338 g/mol. The molecule has 1 aromatic carbocycles. The molecule has 0 spiro atoms. The monoisotopic (exact) mass is 337 g/mol. The number of nitrogens with one attached hydrogen (secondary N) is 1. The quantitative estimate of drug-likeness (QED) is 0.604. The van der Waals surface area contributed by atoms with E-state index in [4.69, 9.17) is 16.3 Å². The number of hydrogen-bond acceptors (Lipinski definition) is 3. The van der Waals surface area contributed by atoms with E-state index in [9.17, 15) is 9.59 Å². The lowest BCUT2D eigenvalue weighted by Gasteiger charge is -2.19. The van der Waals surface area contributed by atoms with Crippen molar-refractivity contribution in [3.05, 3.63) is 34.3 Å². The lowest BCUT2D eigenvalue weighted by atomic mass is 9.97. The van der Waals surface area contributed by atoms with E-state index in [2.05, 4.69) is 5.32 Å². The van der Waals surface area contributed by atoms with Crippen LogP contribution in [0.25, 0.3) is 0 Å². The Morgan fingerprint density at radius 3 is 2.61 bits per heavy atom. The number of Topliss-reactive ketones (excluding diaryl/α,β-unsaturated/α-hetero) is 1. The van der Waals surface area contributed by atoms with Gasteiger partial charge in [0, 0.05) is 23.6 Å². The highest BCUT2D eigenvalue weighted by molar-refractivity contribution is 6.32. The van der Waals surface area contributed by atoms with E-state index in [1.54, 1.807) is 0 Å². The predicted octanol–water partition coefficient (Wildman–Crippen LogP) is 4.71. The molecular formula is C18H24ClNO3. The Labute approximate surface area is 142 Å². The molecule has 0 atom stereocenters. The number of carbonyl (C=O) groups excluding carboxylic acids is 2. The predicted molar refractivity (Wildman–Crippen MR) is 91.2 cm³/mol. The van der Waals surface area contributed by atoms with Crippen LogP contribution in [0.15, 0.2) is 18.2 Å². The summed E-state index contributed by atoms with van der Waals surface area (Å²) in [6.45, 7) is 5.86. The van der Waals surface area contributed by atoms with Gasteiger partial charge in [-0.25, -0.2) is 4.79 Å². The summed E-state index contributed by atoms with van der Waals surface area (Å²) >= 11 is 6.25. The van der Waals surface area contributed by atoms with E-state index in [-0.39, 0.29) is 5.78 Å².